The number of carbonyl (C=O) groups is 1. The lowest BCUT2D eigenvalue weighted by Crippen LogP contribution is -2.49. The van der Waals surface area contributed by atoms with Crippen LogP contribution in [0, 0.1) is 16.2 Å². The van der Waals surface area contributed by atoms with E-state index in [0.29, 0.717) is 18.6 Å². The summed E-state index contributed by atoms with van der Waals surface area (Å²) in [5, 5.41) is 0. The number of hydrogen-bond acceptors (Lipinski definition) is 3. The summed E-state index contributed by atoms with van der Waals surface area (Å²) in [7, 11) is 3.43. The maximum absolute atomic E-state index is 11.7. The molecule has 0 saturated heterocycles. The number of hydrogen-bond donors (Lipinski definition) is 0. The van der Waals surface area contributed by atoms with Crippen molar-refractivity contribution in [3.05, 3.63) is 0 Å². The molecule has 0 atom stereocenters. The van der Waals surface area contributed by atoms with Gasteiger partial charge in [0.1, 0.15) is 6.29 Å². The summed E-state index contributed by atoms with van der Waals surface area (Å²) in [5.74, 6) is 0. The summed E-state index contributed by atoms with van der Waals surface area (Å²) in [6.07, 6.45) is 8.51. The minimum absolute atomic E-state index is 0.246. The Balaban J connectivity index is 3.04. The lowest BCUT2D eigenvalue weighted by molar-refractivity contribution is -0.136. The van der Waals surface area contributed by atoms with E-state index in [1.165, 1.54) is 32.1 Å². The molecule has 1 aliphatic carbocycles. The van der Waals surface area contributed by atoms with Gasteiger partial charge in [-0.05, 0) is 24.7 Å². The highest BCUT2D eigenvalue weighted by atomic mass is 16.5. The number of aldehydes is 1. The molecular weight excluding hydrogens is 252 g/mol. The molecule has 0 aromatic carbocycles. The Bertz CT molecular complexity index is 297. The number of rotatable bonds is 8. The third-order valence-electron chi connectivity index (χ3n) is 5.33. The highest BCUT2D eigenvalue weighted by molar-refractivity contribution is 5.60. The van der Waals surface area contributed by atoms with Gasteiger partial charge in [-0.1, -0.05) is 40.0 Å². The monoisotopic (exact) mass is 284 g/mol. The highest BCUT2D eigenvalue weighted by Gasteiger charge is 2.49. The Morgan fingerprint density at radius 2 is 1.55 bits per heavy atom. The molecule has 0 N–H and O–H groups in total. The second kappa shape index (κ2) is 7.04. The van der Waals surface area contributed by atoms with E-state index in [0.717, 1.165) is 12.7 Å². The van der Waals surface area contributed by atoms with Crippen LogP contribution in [0.2, 0.25) is 0 Å². The van der Waals surface area contributed by atoms with Crippen LogP contribution in [0.3, 0.4) is 0 Å². The van der Waals surface area contributed by atoms with Gasteiger partial charge in [-0.15, -0.1) is 0 Å². The molecule has 3 nitrogen and oxygen atoms in total. The van der Waals surface area contributed by atoms with Crippen LogP contribution in [0.25, 0.3) is 0 Å². The molecule has 0 heterocycles. The summed E-state index contributed by atoms with van der Waals surface area (Å²) in [4.78, 5) is 11.7. The topological polar surface area (TPSA) is 35.5 Å². The molecule has 0 amide bonds. The smallest absolute Gasteiger partial charge is 0.126 e. The lowest BCUT2D eigenvalue weighted by atomic mass is 9.57. The summed E-state index contributed by atoms with van der Waals surface area (Å²) < 4.78 is 11.0. The average Bonchev–Trinajstić information content (AvgIpc) is 2.39. The zero-order valence-corrected chi connectivity index (χ0v) is 14.0. The van der Waals surface area contributed by atoms with Crippen molar-refractivity contribution < 1.29 is 14.3 Å². The van der Waals surface area contributed by atoms with Crippen molar-refractivity contribution in [3.8, 4) is 0 Å². The van der Waals surface area contributed by atoms with Gasteiger partial charge in [0.05, 0.1) is 13.2 Å². The van der Waals surface area contributed by atoms with Crippen molar-refractivity contribution in [2.45, 2.75) is 59.3 Å². The fourth-order valence-electron chi connectivity index (χ4n) is 3.82. The van der Waals surface area contributed by atoms with Crippen LogP contribution < -0.4 is 0 Å². The SMILES string of the molecule is COCC(COC)(CC1(C)CCCCC1)C(C)(C)C=O. The molecule has 3 heteroatoms. The van der Waals surface area contributed by atoms with Crippen LogP contribution in [0.5, 0.6) is 0 Å². The first-order valence-electron chi connectivity index (χ1n) is 7.79. The van der Waals surface area contributed by atoms with Gasteiger partial charge >= 0.3 is 0 Å². The molecule has 0 unspecified atom stereocenters. The van der Waals surface area contributed by atoms with Gasteiger partial charge < -0.3 is 14.3 Å². The molecule has 0 aliphatic heterocycles. The summed E-state index contributed by atoms with van der Waals surface area (Å²) in [6.45, 7) is 7.55. The minimum atomic E-state index is -0.445. The van der Waals surface area contributed by atoms with E-state index in [9.17, 15) is 4.79 Å². The van der Waals surface area contributed by atoms with Crippen molar-refractivity contribution in [1.29, 1.82) is 0 Å². The van der Waals surface area contributed by atoms with Crippen molar-refractivity contribution in [2.24, 2.45) is 16.2 Å². The average molecular weight is 284 g/mol. The van der Waals surface area contributed by atoms with Gasteiger partial charge in [-0.3, -0.25) is 0 Å². The fraction of sp³-hybridized carbons (Fsp3) is 0.941. The lowest BCUT2D eigenvalue weighted by Gasteiger charge is -2.49. The first-order chi connectivity index (χ1) is 9.35. The highest BCUT2D eigenvalue weighted by Crippen LogP contribution is 2.51. The van der Waals surface area contributed by atoms with Crippen LogP contribution in [0.1, 0.15) is 59.3 Å². The fourth-order valence-corrected chi connectivity index (χ4v) is 3.82. The summed E-state index contributed by atoms with van der Waals surface area (Å²) in [5.41, 5.74) is -0.389. The Morgan fingerprint density at radius 1 is 1.05 bits per heavy atom. The Hall–Kier alpha value is -0.410. The minimum Gasteiger partial charge on any atom is -0.384 e. The molecule has 1 aliphatic rings. The van der Waals surface area contributed by atoms with Crippen LogP contribution >= 0.6 is 0 Å². The van der Waals surface area contributed by atoms with E-state index < -0.39 is 5.41 Å². The Morgan fingerprint density at radius 3 is 1.95 bits per heavy atom. The predicted octanol–water partition coefficient (Wildman–Crippen LogP) is 3.85. The zero-order valence-electron chi connectivity index (χ0n) is 14.0. The first kappa shape index (κ1) is 17.6. The van der Waals surface area contributed by atoms with Crippen molar-refractivity contribution in [2.75, 3.05) is 27.4 Å². The second-order valence-corrected chi connectivity index (χ2v) is 7.53. The molecule has 118 valence electrons. The molecular formula is C17H32O3. The van der Waals surface area contributed by atoms with Crippen molar-refractivity contribution >= 4 is 6.29 Å². The van der Waals surface area contributed by atoms with Crippen LogP contribution in [0.4, 0.5) is 0 Å². The zero-order chi connectivity index (χ0) is 15.3. The predicted molar refractivity (Wildman–Crippen MR) is 81.8 cm³/mol. The normalized spacial score (nSPS) is 19.9. The number of carbonyl (C=O) groups excluding carboxylic acids is 1. The van der Waals surface area contributed by atoms with E-state index in [1.54, 1.807) is 14.2 Å². The summed E-state index contributed by atoms with van der Waals surface area (Å²) >= 11 is 0. The van der Waals surface area contributed by atoms with Crippen LogP contribution in [-0.2, 0) is 14.3 Å². The Labute approximate surface area is 124 Å². The molecule has 0 spiro atoms. The van der Waals surface area contributed by atoms with Gasteiger partial charge in [0.25, 0.3) is 0 Å². The molecule has 20 heavy (non-hydrogen) atoms. The standard InChI is InChI=1S/C17H32O3/c1-15(2,12-18)17(13-19-4,14-20-5)11-16(3)9-7-6-8-10-16/h12H,6-11,13-14H2,1-5H3. The van der Waals surface area contributed by atoms with Gasteiger partial charge in [0, 0.05) is 25.0 Å². The van der Waals surface area contributed by atoms with Crippen molar-refractivity contribution in [3.63, 3.8) is 0 Å². The molecule has 1 fully saturated rings. The second-order valence-electron chi connectivity index (χ2n) is 7.53. The maximum atomic E-state index is 11.7. The molecule has 1 rings (SSSR count). The molecule has 0 aromatic heterocycles. The van der Waals surface area contributed by atoms with Gasteiger partial charge in [-0.25, -0.2) is 0 Å². The van der Waals surface area contributed by atoms with Gasteiger partial charge in [0.15, 0.2) is 0 Å². The first-order valence-corrected chi connectivity index (χ1v) is 7.79. The van der Waals surface area contributed by atoms with Crippen molar-refractivity contribution in [1.82, 2.24) is 0 Å². The van der Waals surface area contributed by atoms with Gasteiger partial charge in [-0.2, -0.15) is 0 Å². The van der Waals surface area contributed by atoms with Crippen LogP contribution in [0.15, 0.2) is 0 Å². The largest absolute Gasteiger partial charge is 0.384 e. The van der Waals surface area contributed by atoms with E-state index in [4.69, 9.17) is 9.47 Å². The van der Waals surface area contributed by atoms with E-state index in [2.05, 4.69) is 6.92 Å². The molecule has 0 aromatic rings. The van der Waals surface area contributed by atoms with E-state index >= 15 is 0 Å². The summed E-state index contributed by atoms with van der Waals surface area (Å²) in [6, 6.07) is 0. The van der Waals surface area contributed by atoms with Gasteiger partial charge in [0.2, 0.25) is 0 Å². The quantitative estimate of drug-likeness (QED) is 0.635. The molecule has 1 saturated carbocycles. The maximum Gasteiger partial charge on any atom is 0.126 e. The molecule has 0 bridgehead atoms. The number of ether oxygens (including phenoxy) is 2. The molecule has 0 radical (unpaired) electrons. The van der Waals surface area contributed by atoms with Crippen LogP contribution in [-0.4, -0.2) is 33.7 Å². The van der Waals surface area contributed by atoms with E-state index in [1.807, 2.05) is 13.8 Å². The third kappa shape index (κ3) is 3.82. The third-order valence-corrected chi connectivity index (χ3v) is 5.33. The number of methoxy groups -OCH3 is 2. The Kier molecular flexibility index (Phi) is 6.21. The van der Waals surface area contributed by atoms with E-state index in [-0.39, 0.29) is 5.41 Å².